The molecular weight excluding hydrogens is 443 g/mol. The molecule has 0 aromatic heterocycles. The topological polar surface area (TPSA) is 102 Å². The molecule has 0 unspecified atom stereocenters. The molecule has 0 amide bonds. The zero-order valence-electron chi connectivity index (χ0n) is 17.0. The molecule has 3 aromatic carbocycles. The van der Waals surface area contributed by atoms with Crippen LogP contribution < -0.4 is 14.2 Å². The summed E-state index contributed by atoms with van der Waals surface area (Å²) in [6, 6.07) is 13.9. The fourth-order valence-corrected chi connectivity index (χ4v) is 4.97. The smallest absolute Gasteiger partial charge is 0.262 e. The van der Waals surface area contributed by atoms with Gasteiger partial charge in [-0.25, -0.2) is 21.2 Å². The Morgan fingerprint density at radius 1 is 0.774 bits per heavy atom. The lowest BCUT2D eigenvalue weighted by Gasteiger charge is -2.13. The summed E-state index contributed by atoms with van der Waals surface area (Å²) in [7, 11) is -6.67. The van der Waals surface area contributed by atoms with Crippen LogP contribution in [-0.4, -0.2) is 23.9 Å². The largest absolute Gasteiger partial charge is 0.494 e. The van der Waals surface area contributed by atoms with E-state index in [1.165, 1.54) is 43.5 Å². The van der Waals surface area contributed by atoms with Crippen LogP contribution in [0.15, 0.2) is 70.5 Å². The lowest BCUT2D eigenvalue weighted by Crippen LogP contribution is -2.15. The zero-order valence-corrected chi connectivity index (χ0v) is 18.6. The van der Waals surface area contributed by atoms with E-state index in [1.54, 1.807) is 13.0 Å². The Morgan fingerprint density at radius 3 is 2.00 bits per heavy atom. The first-order valence-electron chi connectivity index (χ1n) is 9.08. The summed E-state index contributed by atoms with van der Waals surface area (Å²) in [5.41, 5.74) is 2.27. The number of aryl methyl sites for hydroxylation is 2. The second-order valence-corrected chi connectivity index (χ2v) is 10.2. The van der Waals surface area contributed by atoms with E-state index in [4.69, 9.17) is 4.74 Å². The van der Waals surface area contributed by atoms with Crippen molar-refractivity contribution in [2.45, 2.75) is 23.6 Å². The summed E-state index contributed by atoms with van der Waals surface area (Å²) in [6.45, 7) is 3.64. The van der Waals surface area contributed by atoms with Crippen LogP contribution >= 0.6 is 0 Å². The van der Waals surface area contributed by atoms with E-state index in [2.05, 4.69) is 9.44 Å². The Balaban J connectivity index is 1.81. The van der Waals surface area contributed by atoms with E-state index in [1.807, 2.05) is 19.1 Å². The number of ether oxygens (including phenoxy) is 1. The van der Waals surface area contributed by atoms with Crippen LogP contribution in [-0.2, 0) is 20.0 Å². The first-order valence-corrected chi connectivity index (χ1v) is 12.0. The van der Waals surface area contributed by atoms with Crippen LogP contribution in [0.5, 0.6) is 5.75 Å². The van der Waals surface area contributed by atoms with E-state index in [0.717, 1.165) is 17.2 Å². The van der Waals surface area contributed by atoms with E-state index < -0.39 is 25.9 Å². The number of benzene rings is 3. The fourth-order valence-electron chi connectivity index (χ4n) is 2.78. The molecule has 0 aliphatic carbocycles. The van der Waals surface area contributed by atoms with Crippen LogP contribution in [0.1, 0.15) is 11.1 Å². The third-order valence-corrected chi connectivity index (χ3v) is 7.25. The molecule has 0 saturated carbocycles. The van der Waals surface area contributed by atoms with Crippen molar-refractivity contribution < 1.29 is 26.0 Å². The minimum Gasteiger partial charge on any atom is -0.494 e. The Morgan fingerprint density at radius 2 is 1.39 bits per heavy atom. The third kappa shape index (κ3) is 5.15. The Hall–Kier alpha value is -3.11. The van der Waals surface area contributed by atoms with Gasteiger partial charge in [0.05, 0.1) is 22.6 Å². The van der Waals surface area contributed by atoms with E-state index in [0.29, 0.717) is 5.69 Å². The van der Waals surface area contributed by atoms with Crippen molar-refractivity contribution >= 4 is 31.4 Å². The number of hydrogen-bond donors (Lipinski definition) is 2. The molecule has 3 rings (SSSR count). The van der Waals surface area contributed by atoms with Gasteiger partial charge in [0, 0.05) is 5.69 Å². The monoisotopic (exact) mass is 464 g/mol. The first-order chi connectivity index (χ1) is 14.5. The van der Waals surface area contributed by atoms with Gasteiger partial charge >= 0.3 is 0 Å². The molecule has 2 N–H and O–H groups in total. The number of halogens is 1. The quantitative estimate of drug-likeness (QED) is 0.549. The third-order valence-electron chi connectivity index (χ3n) is 4.49. The van der Waals surface area contributed by atoms with Gasteiger partial charge in [-0.1, -0.05) is 12.1 Å². The number of sulfonamides is 2. The van der Waals surface area contributed by atoms with Gasteiger partial charge in [-0.15, -0.1) is 0 Å². The zero-order chi connectivity index (χ0) is 22.8. The van der Waals surface area contributed by atoms with Gasteiger partial charge in [0.1, 0.15) is 0 Å². The molecule has 0 atom stereocenters. The van der Waals surface area contributed by atoms with Crippen molar-refractivity contribution in [3.05, 3.63) is 77.6 Å². The maximum atomic E-state index is 13.8. The average molecular weight is 465 g/mol. The molecule has 10 heteroatoms. The maximum Gasteiger partial charge on any atom is 0.262 e. The predicted octanol–water partition coefficient (Wildman–Crippen LogP) is 4.05. The highest BCUT2D eigenvalue weighted by molar-refractivity contribution is 7.93. The fraction of sp³-hybridized carbons (Fsp3) is 0.143. The van der Waals surface area contributed by atoms with E-state index in [9.17, 15) is 21.2 Å². The molecule has 0 aliphatic rings. The number of rotatable bonds is 7. The van der Waals surface area contributed by atoms with Gasteiger partial charge in [-0.3, -0.25) is 9.44 Å². The molecule has 0 saturated heterocycles. The molecule has 164 valence electrons. The second kappa shape index (κ2) is 8.56. The SMILES string of the molecule is COc1ccc(S(=O)(=O)Nc2ccc(S(=O)(=O)Nc3cc(C)ccc3C)cc2)cc1F. The minimum atomic E-state index is -4.08. The molecule has 0 heterocycles. The summed E-state index contributed by atoms with van der Waals surface area (Å²) < 4.78 is 73.8. The van der Waals surface area contributed by atoms with Crippen LogP contribution in [0.2, 0.25) is 0 Å². The van der Waals surface area contributed by atoms with Gasteiger partial charge in [0.15, 0.2) is 11.6 Å². The van der Waals surface area contributed by atoms with Gasteiger partial charge in [-0.2, -0.15) is 0 Å². The summed E-state index contributed by atoms with van der Waals surface area (Å²) in [6.07, 6.45) is 0. The molecular formula is C21H21FN2O5S2. The summed E-state index contributed by atoms with van der Waals surface area (Å²) in [5, 5.41) is 0. The van der Waals surface area contributed by atoms with Crippen molar-refractivity contribution in [2.75, 3.05) is 16.6 Å². The number of nitrogens with one attached hydrogen (secondary N) is 2. The number of methoxy groups -OCH3 is 1. The molecule has 0 aliphatic heterocycles. The highest BCUT2D eigenvalue weighted by atomic mass is 32.2. The van der Waals surface area contributed by atoms with Crippen molar-refractivity contribution in [3.8, 4) is 5.75 Å². The van der Waals surface area contributed by atoms with Crippen molar-refractivity contribution in [1.29, 1.82) is 0 Å². The standard InChI is InChI=1S/C21H21FN2O5S2/c1-14-4-5-15(2)20(12-14)24-30(25,26)17-8-6-16(7-9-17)23-31(27,28)18-10-11-21(29-3)19(22)13-18/h4-13,23-24H,1-3H3. The van der Waals surface area contributed by atoms with Crippen molar-refractivity contribution in [1.82, 2.24) is 0 Å². The van der Waals surface area contributed by atoms with E-state index >= 15 is 0 Å². The molecule has 31 heavy (non-hydrogen) atoms. The highest BCUT2D eigenvalue weighted by Gasteiger charge is 2.19. The lowest BCUT2D eigenvalue weighted by molar-refractivity contribution is 0.385. The Kier molecular flexibility index (Phi) is 6.23. The minimum absolute atomic E-state index is 0.0353. The van der Waals surface area contributed by atoms with Gasteiger partial charge < -0.3 is 4.74 Å². The van der Waals surface area contributed by atoms with Crippen LogP contribution in [0.25, 0.3) is 0 Å². The molecule has 0 fully saturated rings. The van der Waals surface area contributed by atoms with Gasteiger partial charge in [0.2, 0.25) is 0 Å². The maximum absolute atomic E-state index is 13.8. The molecule has 0 spiro atoms. The van der Waals surface area contributed by atoms with Crippen molar-refractivity contribution in [3.63, 3.8) is 0 Å². The normalized spacial score (nSPS) is 11.7. The molecule has 3 aromatic rings. The summed E-state index contributed by atoms with van der Waals surface area (Å²) >= 11 is 0. The molecule has 7 nitrogen and oxygen atoms in total. The van der Waals surface area contributed by atoms with E-state index in [-0.39, 0.29) is 21.2 Å². The number of hydrogen-bond acceptors (Lipinski definition) is 5. The average Bonchev–Trinajstić information content (AvgIpc) is 2.70. The van der Waals surface area contributed by atoms with Crippen LogP contribution in [0, 0.1) is 19.7 Å². The second-order valence-electron chi connectivity index (χ2n) is 6.85. The Labute approximate surface area is 181 Å². The summed E-state index contributed by atoms with van der Waals surface area (Å²) in [5.74, 6) is -0.894. The molecule has 0 radical (unpaired) electrons. The highest BCUT2D eigenvalue weighted by Crippen LogP contribution is 2.25. The summed E-state index contributed by atoms with van der Waals surface area (Å²) in [4.78, 5) is -0.328. The predicted molar refractivity (Wildman–Crippen MR) is 117 cm³/mol. The van der Waals surface area contributed by atoms with Gasteiger partial charge in [-0.05, 0) is 73.5 Å². The molecule has 0 bridgehead atoms. The van der Waals surface area contributed by atoms with Gasteiger partial charge in [0.25, 0.3) is 20.0 Å². The number of anilines is 2. The first kappa shape index (κ1) is 22.6. The van der Waals surface area contributed by atoms with Crippen molar-refractivity contribution in [2.24, 2.45) is 0 Å². The Bertz CT molecular complexity index is 1320. The van der Waals surface area contributed by atoms with Crippen LogP contribution in [0.3, 0.4) is 0 Å². The lowest BCUT2D eigenvalue weighted by atomic mass is 10.1. The van der Waals surface area contributed by atoms with Crippen LogP contribution in [0.4, 0.5) is 15.8 Å².